The van der Waals surface area contributed by atoms with Crippen molar-refractivity contribution in [2.45, 2.75) is 36.3 Å². The molecule has 0 radical (unpaired) electrons. The molecule has 0 unspecified atom stereocenters. The van der Waals surface area contributed by atoms with E-state index in [-0.39, 0.29) is 23.2 Å². The summed E-state index contributed by atoms with van der Waals surface area (Å²) in [4.78, 5) is 15.3. The van der Waals surface area contributed by atoms with Crippen LogP contribution in [-0.2, 0) is 21.2 Å². The zero-order valence-corrected chi connectivity index (χ0v) is 22.6. The van der Waals surface area contributed by atoms with Crippen LogP contribution in [0.15, 0.2) is 17.0 Å². The highest BCUT2D eigenvalue weighted by atomic mass is 32.2. The Balaban J connectivity index is 1.59. The molecule has 4 aliphatic rings. The fraction of sp³-hybridized carbons (Fsp3) is 0.500. The van der Waals surface area contributed by atoms with E-state index < -0.39 is 28.1 Å². The number of fused-ring (bicyclic) bond motifs is 3. The first-order valence-electron chi connectivity index (χ1n) is 12.5. The first-order valence-corrected chi connectivity index (χ1v) is 14.0. The largest absolute Gasteiger partial charge is 0.493 e. The lowest BCUT2D eigenvalue weighted by atomic mass is 9.85. The van der Waals surface area contributed by atoms with Crippen LogP contribution in [-0.4, -0.2) is 78.4 Å². The van der Waals surface area contributed by atoms with Gasteiger partial charge >= 0.3 is 5.97 Å². The molecular weight excluding hydrogens is 516 g/mol. The predicted molar refractivity (Wildman–Crippen MR) is 134 cm³/mol. The molecule has 0 bridgehead atoms. The Hall–Kier alpha value is -3.22. The number of ether oxygens (including phenoxy) is 6. The van der Waals surface area contributed by atoms with Crippen molar-refractivity contribution in [3.05, 3.63) is 34.4 Å². The van der Waals surface area contributed by atoms with Gasteiger partial charge in [-0.3, -0.25) is 4.90 Å². The molecule has 0 amide bonds. The standard InChI is InChI=1S/C26H30N2O9S/c1-27-12-9-15-17(19(27)20-14-7-8-16(32-2)21(33-3)18(14)26(29)37-20)22(34-4)23-24(36-13-35-23)25(15)38(30,31)28-10-5-6-11-28/h7-8,19-20H,5-6,9-13H2,1-4H3/t19-,20+/m1/s1. The maximum Gasteiger partial charge on any atom is 0.343 e. The van der Waals surface area contributed by atoms with Crippen LogP contribution in [0.4, 0.5) is 0 Å². The highest BCUT2D eigenvalue weighted by Crippen LogP contribution is 2.58. The summed E-state index contributed by atoms with van der Waals surface area (Å²) >= 11 is 0. The number of cyclic esters (lactones) is 1. The molecule has 4 aliphatic heterocycles. The maximum absolute atomic E-state index is 14.0. The van der Waals surface area contributed by atoms with Gasteiger partial charge in [-0.15, -0.1) is 0 Å². The lowest BCUT2D eigenvalue weighted by Gasteiger charge is -2.39. The monoisotopic (exact) mass is 546 g/mol. The Morgan fingerprint density at radius 3 is 2.34 bits per heavy atom. The first kappa shape index (κ1) is 25.1. The van der Waals surface area contributed by atoms with Crippen molar-refractivity contribution in [1.29, 1.82) is 0 Å². The van der Waals surface area contributed by atoms with Crippen molar-refractivity contribution in [2.75, 3.05) is 54.8 Å². The molecule has 0 saturated carbocycles. The summed E-state index contributed by atoms with van der Waals surface area (Å²) < 4.78 is 63.8. The Kier molecular flexibility index (Phi) is 6.08. The third kappa shape index (κ3) is 3.46. The van der Waals surface area contributed by atoms with Gasteiger partial charge in [0.1, 0.15) is 16.6 Å². The van der Waals surface area contributed by atoms with E-state index in [4.69, 9.17) is 28.4 Å². The molecule has 6 rings (SSSR count). The van der Waals surface area contributed by atoms with E-state index in [9.17, 15) is 13.2 Å². The number of sulfonamides is 1. The van der Waals surface area contributed by atoms with E-state index in [0.717, 1.165) is 12.8 Å². The van der Waals surface area contributed by atoms with Crippen LogP contribution in [0.25, 0.3) is 0 Å². The highest BCUT2D eigenvalue weighted by Gasteiger charge is 2.49. The normalized spacial score (nSPS) is 22.7. The molecule has 1 fully saturated rings. The van der Waals surface area contributed by atoms with Gasteiger partial charge in [-0.2, -0.15) is 4.31 Å². The predicted octanol–water partition coefficient (Wildman–Crippen LogP) is 2.67. The number of benzene rings is 2. The molecule has 38 heavy (non-hydrogen) atoms. The van der Waals surface area contributed by atoms with Gasteiger partial charge in [-0.25, -0.2) is 13.2 Å². The summed E-state index contributed by atoms with van der Waals surface area (Å²) in [5, 5.41) is 0. The number of carbonyl (C=O) groups excluding carboxylic acids is 1. The van der Waals surface area contributed by atoms with Gasteiger partial charge in [0, 0.05) is 30.8 Å². The highest BCUT2D eigenvalue weighted by molar-refractivity contribution is 7.89. The average Bonchev–Trinajstić information content (AvgIpc) is 3.68. The van der Waals surface area contributed by atoms with Crippen LogP contribution in [0.2, 0.25) is 0 Å². The fourth-order valence-electron chi connectivity index (χ4n) is 6.12. The molecule has 0 N–H and O–H groups in total. The summed E-state index contributed by atoms with van der Waals surface area (Å²) in [5.41, 5.74) is 2.14. The number of rotatable bonds is 6. The molecule has 204 valence electrons. The van der Waals surface area contributed by atoms with Crippen molar-refractivity contribution < 1.29 is 41.6 Å². The minimum atomic E-state index is -3.88. The lowest BCUT2D eigenvalue weighted by molar-refractivity contribution is 0.00855. The van der Waals surface area contributed by atoms with Gasteiger partial charge in [0.25, 0.3) is 0 Å². The molecule has 0 spiro atoms. The Bertz CT molecular complexity index is 1420. The topological polar surface area (TPSA) is 113 Å². The van der Waals surface area contributed by atoms with E-state index in [1.807, 2.05) is 11.9 Å². The zero-order valence-electron chi connectivity index (χ0n) is 21.7. The Morgan fingerprint density at radius 1 is 0.947 bits per heavy atom. The number of likely N-dealkylation sites (N-methyl/N-ethyl adjacent to an activating group) is 1. The maximum atomic E-state index is 14.0. The molecule has 1 saturated heterocycles. The molecule has 2 aromatic carbocycles. The van der Waals surface area contributed by atoms with Crippen molar-refractivity contribution in [3.8, 4) is 28.7 Å². The molecule has 4 heterocycles. The molecule has 2 aromatic rings. The van der Waals surface area contributed by atoms with E-state index in [1.54, 1.807) is 12.1 Å². The number of hydrogen-bond donors (Lipinski definition) is 0. The minimum Gasteiger partial charge on any atom is -0.493 e. The minimum absolute atomic E-state index is 0.115. The van der Waals surface area contributed by atoms with Gasteiger partial charge < -0.3 is 28.4 Å². The number of carbonyl (C=O) groups is 1. The second-order valence-electron chi connectivity index (χ2n) is 9.70. The van der Waals surface area contributed by atoms with E-state index in [1.165, 1.54) is 25.6 Å². The third-order valence-electron chi connectivity index (χ3n) is 7.83. The summed E-state index contributed by atoms with van der Waals surface area (Å²) in [6.07, 6.45) is 1.31. The van der Waals surface area contributed by atoms with Gasteiger partial charge in [-0.1, -0.05) is 6.07 Å². The summed E-state index contributed by atoms with van der Waals surface area (Å²) in [6, 6.07) is 2.96. The molecule has 0 aliphatic carbocycles. The van der Waals surface area contributed by atoms with Crippen LogP contribution in [0.3, 0.4) is 0 Å². The van der Waals surface area contributed by atoms with Crippen molar-refractivity contribution in [1.82, 2.24) is 9.21 Å². The quantitative estimate of drug-likeness (QED) is 0.501. The molecule has 12 heteroatoms. The van der Waals surface area contributed by atoms with Crippen molar-refractivity contribution >= 4 is 16.0 Å². The first-order chi connectivity index (χ1) is 18.3. The molecular formula is C26H30N2O9S. The van der Waals surface area contributed by atoms with E-state index in [0.29, 0.717) is 65.6 Å². The number of nitrogens with zero attached hydrogens (tertiary/aromatic N) is 2. The smallest absolute Gasteiger partial charge is 0.343 e. The van der Waals surface area contributed by atoms with E-state index >= 15 is 0 Å². The fourth-order valence-corrected chi connectivity index (χ4v) is 8.03. The van der Waals surface area contributed by atoms with Gasteiger partial charge in [0.15, 0.2) is 23.0 Å². The Labute approximate surface area is 221 Å². The summed E-state index contributed by atoms with van der Waals surface area (Å²) in [7, 11) is 2.53. The number of methoxy groups -OCH3 is 3. The van der Waals surface area contributed by atoms with Gasteiger partial charge in [0.2, 0.25) is 22.6 Å². The number of hydrogen-bond acceptors (Lipinski definition) is 10. The van der Waals surface area contributed by atoms with Gasteiger partial charge in [-0.05, 0) is 37.9 Å². The SMILES string of the molecule is COc1ccc2c(c1OC)C(=O)O[C@@H]2[C@H]1c2c(c(S(=O)(=O)N3CCCC3)c3c(c2OC)OCO3)CCN1C. The van der Waals surface area contributed by atoms with Crippen molar-refractivity contribution in [2.24, 2.45) is 0 Å². The van der Waals surface area contributed by atoms with Crippen molar-refractivity contribution in [3.63, 3.8) is 0 Å². The molecule has 11 nitrogen and oxygen atoms in total. The van der Waals surface area contributed by atoms with Crippen LogP contribution in [0.5, 0.6) is 28.7 Å². The van der Waals surface area contributed by atoms with Crippen LogP contribution in [0.1, 0.15) is 52.0 Å². The number of esters is 1. The summed E-state index contributed by atoms with van der Waals surface area (Å²) in [6.45, 7) is 1.32. The zero-order chi connectivity index (χ0) is 26.8. The average molecular weight is 547 g/mol. The second-order valence-corrected chi connectivity index (χ2v) is 11.6. The van der Waals surface area contributed by atoms with E-state index in [2.05, 4.69) is 0 Å². The van der Waals surface area contributed by atoms with Crippen LogP contribution >= 0.6 is 0 Å². The van der Waals surface area contributed by atoms with Gasteiger partial charge in [0.05, 0.1) is 27.4 Å². The van der Waals surface area contributed by atoms with Crippen LogP contribution in [0, 0.1) is 0 Å². The Morgan fingerprint density at radius 2 is 1.66 bits per heavy atom. The molecule has 0 aromatic heterocycles. The lowest BCUT2D eigenvalue weighted by Crippen LogP contribution is -2.38. The van der Waals surface area contributed by atoms with Crippen LogP contribution < -0.4 is 23.7 Å². The third-order valence-corrected chi connectivity index (χ3v) is 9.82. The summed E-state index contributed by atoms with van der Waals surface area (Å²) in [5.74, 6) is 1.000. The molecule has 2 atom stereocenters. The second kappa shape index (κ2) is 9.21.